The molecular weight excluding hydrogens is 347 g/mol. The first-order chi connectivity index (χ1) is 12.1. The van der Waals surface area contributed by atoms with E-state index >= 15 is 0 Å². The number of amides is 3. The van der Waals surface area contributed by atoms with Gasteiger partial charge < -0.3 is 15.5 Å². The van der Waals surface area contributed by atoms with Crippen molar-refractivity contribution in [3.05, 3.63) is 0 Å². The Morgan fingerprint density at radius 2 is 1.62 bits per heavy atom. The molecular formula is C18H28F3N3O2. The van der Waals surface area contributed by atoms with E-state index in [9.17, 15) is 22.8 Å². The molecule has 0 radical (unpaired) electrons. The number of urea groups is 1. The van der Waals surface area contributed by atoms with Crippen molar-refractivity contribution in [3.8, 4) is 0 Å². The summed E-state index contributed by atoms with van der Waals surface area (Å²) >= 11 is 0. The van der Waals surface area contributed by atoms with Gasteiger partial charge in [-0.25, -0.2) is 4.79 Å². The van der Waals surface area contributed by atoms with E-state index in [1.54, 1.807) is 0 Å². The third kappa shape index (κ3) is 4.82. The lowest BCUT2D eigenvalue weighted by Crippen LogP contribution is -2.61. The molecule has 4 rings (SSSR count). The predicted octanol–water partition coefficient (Wildman–Crippen LogP) is 3.06. The summed E-state index contributed by atoms with van der Waals surface area (Å²) in [5.41, 5.74) is -0.0909. The summed E-state index contributed by atoms with van der Waals surface area (Å²) in [5.74, 6) is 1.78. The van der Waals surface area contributed by atoms with Gasteiger partial charge in [-0.3, -0.25) is 4.79 Å². The molecule has 4 aliphatic rings. The fraction of sp³-hybridized carbons (Fsp3) is 0.889. The van der Waals surface area contributed by atoms with Gasteiger partial charge in [0.25, 0.3) is 0 Å². The van der Waals surface area contributed by atoms with Gasteiger partial charge in [0.05, 0.1) is 6.42 Å². The maximum Gasteiger partial charge on any atom is 0.390 e. The first-order valence-electron chi connectivity index (χ1n) is 9.51. The molecule has 5 nitrogen and oxygen atoms in total. The monoisotopic (exact) mass is 375 g/mol. The van der Waals surface area contributed by atoms with E-state index in [1.807, 2.05) is 0 Å². The van der Waals surface area contributed by atoms with Crippen LogP contribution in [0, 0.1) is 17.8 Å². The lowest BCUT2D eigenvalue weighted by atomic mass is 9.53. The van der Waals surface area contributed by atoms with Crippen molar-refractivity contribution < 1.29 is 22.8 Å². The second-order valence-electron chi connectivity index (χ2n) is 8.51. The van der Waals surface area contributed by atoms with Crippen LogP contribution in [-0.4, -0.2) is 48.7 Å². The number of alkyl halides is 3. The average Bonchev–Trinajstić information content (AvgIpc) is 2.49. The molecule has 4 fully saturated rings. The van der Waals surface area contributed by atoms with E-state index in [0.29, 0.717) is 0 Å². The number of nitrogens with one attached hydrogen (secondary N) is 2. The topological polar surface area (TPSA) is 61.4 Å². The Kier molecular flexibility index (Phi) is 5.40. The highest BCUT2D eigenvalue weighted by Gasteiger charge is 2.51. The third-order valence-corrected chi connectivity index (χ3v) is 6.20. The highest BCUT2D eigenvalue weighted by molar-refractivity contribution is 5.78. The normalized spacial score (nSPS) is 32.4. The molecule has 148 valence electrons. The molecule has 4 bridgehead atoms. The fourth-order valence-corrected chi connectivity index (χ4v) is 5.44. The summed E-state index contributed by atoms with van der Waals surface area (Å²) < 4.78 is 36.6. The van der Waals surface area contributed by atoms with Gasteiger partial charge in [-0.2, -0.15) is 13.2 Å². The Morgan fingerprint density at radius 1 is 1.08 bits per heavy atom. The minimum absolute atomic E-state index is 0.00263. The SMILES string of the molecule is CN(CCC(F)(F)F)C(=O)CCNC(=O)NC12CC3CC(CC(C3)C1)C2. The Labute approximate surface area is 152 Å². The maximum atomic E-state index is 12.2. The summed E-state index contributed by atoms with van der Waals surface area (Å²) in [4.78, 5) is 25.1. The van der Waals surface area contributed by atoms with Crippen LogP contribution in [0.25, 0.3) is 0 Å². The summed E-state index contributed by atoms with van der Waals surface area (Å²) in [6.07, 6.45) is 1.73. The predicted molar refractivity (Wildman–Crippen MR) is 90.4 cm³/mol. The number of nitrogens with zero attached hydrogens (tertiary/aromatic N) is 1. The number of carbonyl (C=O) groups excluding carboxylic acids is 2. The molecule has 0 atom stereocenters. The van der Waals surface area contributed by atoms with Crippen molar-refractivity contribution in [2.24, 2.45) is 17.8 Å². The zero-order chi connectivity index (χ0) is 18.9. The Hall–Kier alpha value is -1.47. The first kappa shape index (κ1) is 19.3. The van der Waals surface area contributed by atoms with Crippen LogP contribution in [0.15, 0.2) is 0 Å². The lowest BCUT2D eigenvalue weighted by molar-refractivity contribution is -0.143. The van der Waals surface area contributed by atoms with Crippen molar-refractivity contribution in [2.75, 3.05) is 20.1 Å². The van der Waals surface area contributed by atoms with E-state index < -0.39 is 18.5 Å². The third-order valence-electron chi connectivity index (χ3n) is 6.20. The van der Waals surface area contributed by atoms with Crippen LogP contribution in [-0.2, 0) is 4.79 Å². The van der Waals surface area contributed by atoms with Crippen LogP contribution >= 0.6 is 0 Å². The van der Waals surface area contributed by atoms with E-state index in [2.05, 4.69) is 10.6 Å². The Bertz CT molecular complexity index is 515. The second-order valence-corrected chi connectivity index (χ2v) is 8.51. The summed E-state index contributed by atoms with van der Waals surface area (Å²) in [6, 6.07) is -0.266. The average molecular weight is 375 g/mol. The van der Waals surface area contributed by atoms with Gasteiger partial charge in [0, 0.05) is 32.1 Å². The largest absolute Gasteiger partial charge is 0.390 e. The van der Waals surface area contributed by atoms with Crippen LogP contribution in [0.1, 0.15) is 51.4 Å². The molecule has 0 unspecified atom stereocenters. The summed E-state index contributed by atoms with van der Waals surface area (Å²) in [6.45, 7) is -0.227. The molecule has 0 spiro atoms. The second kappa shape index (κ2) is 7.27. The van der Waals surface area contributed by atoms with Gasteiger partial charge in [0.1, 0.15) is 0 Å². The smallest absolute Gasteiger partial charge is 0.345 e. The fourth-order valence-electron chi connectivity index (χ4n) is 5.44. The van der Waals surface area contributed by atoms with Gasteiger partial charge in [0.15, 0.2) is 0 Å². The van der Waals surface area contributed by atoms with Crippen molar-refractivity contribution in [1.82, 2.24) is 15.5 Å². The maximum absolute atomic E-state index is 12.2. The lowest BCUT2D eigenvalue weighted by Gasteiger charge is -2.56. The number of carbonyl (C=O) groups is 2. The zero-order valence-electron chi connectivity index (χ0n) is 15.2. The summed E-state index contributed by atoms with van der Waals surface area (Å²) in [5, 5.41) is 5.84. The van der Waals surface area contributed by atoms with Gasteiger partial charge in [-0.05, 0) is 56.3 Å². The molecule has 2 N–H and O–H groups in total. The number of halogens is 3. The minimum Gasteiger partial charge on any atom is -0.345 e. The molecule has 4 saturated carbocycles. The van der Waals surface area contributed by atoms with E-state index in [0.717, 1.165) is 41.9 Å². The van der Waals surface area contributed by atoms with Crippen LogP contribution in [0.4, 0.5) is 18.0 Å². The Balaban J connectivity index is 1.37. The zero-order valence-corrected chi connectivity index (χ0v) is 15.2. The van der Waals surface area contributed by atoms with Gasteiger partial charge in [-0.15, -0.1) is 0 Å². The number of hydrogen-bond acceptors (Lipinski definition) is 2. The van der Waals surface area contributed by atoms with Crippen molar-refractivity contribution in [2.45, 2.75) is 63.1 Å². The van der Waals surface area contributed by atoms with Crippen molar-refractivity contribution in [3.63, 3.8) is 0 Å². The molecule has 26 heavy (non-hydrogen) atoms. The molecule has 8 heteroatoms. The highest BCUT2D eigenvalue weighted by atomic mass is 19.4. The molecule has 0 aromatic rings. The van der Waals surface area contributed by atoms with Crippen LogP contribution in [0.5, 0.6) is 0 Å². The molecule has 0 aromatic heterocycles. The molecule has 3 amide bonds. The van der Waals surface area contributed by atoms with Gasteiger partial charge >= 0.3 is 12.2 Å². The van der Waals surface area contributed by atoms with E-state index in [1.165, 1.54) is 26.3 Å². The number of hydrogen-bond donors (Lipinski definition) is 2. The van der Waals surface area contributed by atoms with Crippen molar-refractivity contribution >= 4 is 11.9 Å². The number of rotatable bonds is 6. The molecule has 0 heterocycles. The van der Waals surface area contributed by atoms with Crippen LogP contribution in [0.2, 0.25) is 0 Å². The highest BCUT2D eigenvalue weighted by Crippen LogP contribution is 2.55. The minimum atomic E-state index is -4.27. The molecule has 4 aliphatic carbocycles. The van der Waals surface area contributed by atoms with Crippen LogP contribution < -0.4 is 10.6 Å². The first-order valence-corrected chi connectivity index (χ1v) is 9.51. The van der Waals surface area contributed by atoms with Gasteiger partial charge in [-0.1, -0.05) is 0 Å². The van der Waals surface area contributed by atoms with Crippen LogP contribution in [0.3, 0.4) is 0 Å². The quantitative estimate of drug-likeness (QED) is 0.750. The molecule has 0 saturated heterocycles. The summed E-state index contributed by atoms with van der Waals surface area (Å²) in [7, 11) is 1.35. The molecule has 0 aliphatic heterocycles. The van der Waals surface area contributed by atoms with Crippen molar-refractivity contribution in [1.29, 1.82) is 0 Å². The van der Waals surface area contributed by atoms with E-state index in [4.69, 9.17) is 0 Å². The Morgan fingerprint density at radius 3 is 2.12 bits per heavy atom. The molecule has 0 aromatic carbocycles. The standard InChI is InChI=1S/C18H28F3N3O2/c1-24(5-3-18(19,20)21)15(25)2-4-22-16(26)23-17-9-12-6-13(10-17)8-14(7-12)11-17/h12-14H,2-11H2,1H3,(H2,22,23,26). The van der Waals surface area contributed by atoms with E-state index in [-0.39, 0.29) is 31.1 Å². The van der Waals surface area contributed by atoms with Gasteiger partial charge in [0.2, 0.25) is 5.91 Å².